The Kier molecular flexibility index (Phi) is 3.98. The molecule has 3 unspecified atom stereocenters. The average Bonchev–Trinajstić information content (AvgIpc) is 2.68. The average molecular weight is 284 g/mol. The van der Waals surface area contributed by atoms with E-state index in [4.69, 9.17) is 0 Å². The molecule has 1 N–H and O–H groups in total. The third-order valence-electron chi connectivity index (χ3n) is 3.49. The minimum absolute atomic E-state index is 0.223. The Hall–Kier alpha value is -0.410. The maximum Gasteiger partial charge on any atom is 0.0623 e. The molecule has 1 aromatic heterocycles. The summed E-state index contributed by atoms with van der Waals surface area (Å²) in [5.74, 6) is 1.25. The Morgan fingerprint density at radius 1 is 1.50 bits per heavy atom. The Morgan fingerprint density at radius 3 is 2.88 bits per heavy atom. The highest BCUT2D eigenvalue weighted by Crippen LogP contribution is 2.33. The van der Waals surface area contributed by atoms with Gasteiger partial charge < -0.3 is 5.11 Å². The molecular weight excluding hydrogens is 266 g/mol. The van der Waals surface area contributed by atoms with E-state index in [1.165, 1.54) is 12.8 Å². The number of rotatable bonds is 3. The molecular formula is C13H18BrNO. The standard InChI is InChI=1S/C13H18BrNO/c1-9-2-3-10(6-9)13(16)7-12-5-4-11(14)8-15-12/h4-5,8-10,13,16H,2-3,6-7H2,1H3. The summed E-state index contributed by atoms with van der Waals surface area (Å²) >= 11 is 3.36. The van der Waals surface area contributed by atoms with E-state index in [1.54, 1.807) is 6.20 Å². The van der Waals surface area contributed by atoms with Crippen LogP contribution in [-0.4, -0.2) is 16.2 Å². The third kappa shape index (κ3) is 3.05. The second-order valence-electron chi connectivity index (χ2n) is 4.92. The van der Waals surface area contributed by atoms with Gasteiger partial charge in [0, 0.05) is 22.8 Å². The third-order valence-corrected chi connectivity index (χ3v) is 3.96. The van der Waals surface area contributed by atoms with Gasteiger partial charge in [0.2, 0.25) is 0 Å². The van der Waals surface area contributed by atoms with Crippen LogP contribution in [-0.2, 0) is 6.42 Å². The topological polar surface area (TPSA) is 33.1 Å². The van der Waals surface area contributed by atoms with Crippen molar-refractivity contribution in [2.24, 2.45) is 11.8 Å². The van der Waals surface area contributed by atoms with E-state index in [1.807, 2.05) is 12.1 Å². The van der Waals surface area contributed by atoms with E-state index in [0.29, 0.717) is 12.3 Å². The van der Waals surface area contributed by atoms with Crippen LogP contribution in [0.5, 0.6) is 0 Å². The van der Waals surface area contributed by atoms with E-state index >= 15 is 0 Å². The summed E-state index contributed by atoms with van der Waals surface area (Å²) in [4.78, 5) is 4.30. The van der Waals surface area contributed by atoms with Gasteiger partial charge in [-0.1, -0.05) is 13.3 Å². The SMILES string of the molecule is CC1CCC(C(O)Cc2ccc(Br)cn2)C1. The quantitative estimate of drug-likeness (QED) is 0.924. The van der Waals surface area contributed by atoms with Crippen molar-refractivity contribution < 1.29 is 5.11 Å². The molecule has 1 heterocycles. The van der Waals surface area contributed by atoms with Gasteiger partial charge in [-0.2, -0.15) is 0 Å². The van der Waals surface area contributed by atoms with Crippen molar-refractivity contribution in [3.05, 3.63) is 28.5 Å². The highest BCUT2D eigenvalue weighted by molar-refractivity contribution is 9.10. The Labute approximate surface area is 105 Å². The van der Waals surface area contributed by atoms with Crippen LogP contribution in [0.1, 0.15) is 31.9 Å². The first kappa shape index (κ1) is 12.1. The van der Waals surface area contributed by atoms with Gasteiger partial charge in [0.05, 0.1) is 6.10 Å². The molecule has 0 amide bonds. The summed E-state index contributed by atoms with van der Waals surface area (Å²) in [6.07, 6.45) is 5.84. The number of hydrogen-bond donors (Lipinski definition) is 1. The van der Waals surface area contributed by atoms with Crippen molar-refractivity contribution in [1.82, 2.24) is 4.98 Å². The lowest BCUT2D eigenvalue weighted by Crippen LogP contribution is -2.21. The zero-order chi connectivity index (χ0) is 11.5. The van der Waals surface area contributed by atoms with Crippen LogP contribution in [0.3, 0.4) is 0 Å². The molecule has 3 heteroatoms. The van der Waals surface area contributed by atoms with E-state index < -0.39 is 0 Å². The second-order valence-corrected chi connectivity index (χ2v) is 5.83. The highest BCUT2D eigenvalue weighted by atomic mass is 79.9. The molecule has 0 aromatic carbocycles. The first-order chi connectivity index (χ1) is 7.65. The van der Waals surface area contributed by atoms with Gasteiger partial charge in [-0.05, 0) is 52.7 Å². The molecule has 88 valence electrons. The first-order valence-corrected chi connectivity index (χ1v) is 6.73. The zero-order valence-corrected chi connectivity index (χ0v) is 11.2. The predicted octanol–water partition coefficient (Wildman–Crippen LogP) is 3.18. The fourth-order valence-corrected chi connectivity index (χ4v) is 2.74. The van der Waals surface area contributed by atoms with Crippen LogP contribution in [0.2, 0.25) is 0 Å². The molecule has 2 rings (SSSR count). The first-order valence-electron chi connectivity index (χ1n) is 5.93. The molecule has 0 saturated heterocycles. The van der Waals surface area contributed by atoms with Crippen molar-refractivity contribution >= 4 is 15.9 Å². The van der Waals surface area contributed by atoms with Crippen molar-refractivity contribution in [2.45, 2.75) is 38.7 Å². The van der Waals surface area contributed by atoms with E-state index in [2.05, 4.69) is 27.8 Å². The van der Waals surface area contributed by atoms with Crippen LogP contribution in [0.4, 0.5) is 0 Å². The minimum atomic E-state index is -0.223. The number of nitrogens with zero attached hydrogens (tertiary/aromatic N) is 1. The summed E-state index contributed by atoms with van der Waals surface area (Å²) < 4.78 is 0.986. The number of pyridine rings is 1. The molecule has 2 nitrogen and oxygen atoms in total. The summed E-state index contributed by atoms with van der Waals surface area (Å²) in [6, 6.07) is 3.96. The second kappa shape index (κ2) is 5.28. The van der Waals surface area contributed by atoms with E-state index in [0.717, 1.165) is 22.5 Å². The number of halogens is 1. The van der Waals surface area contributed by atoms with Gasteiger partial charge in [0.25, 0.3) is 0 Å². The largest absolute Gasteiger partial charge is 0.392 e. The molecule has 0 aliphatic heterocycles. The Balaban J connectivity index is 1.91. The van der Waals surface area contributed by atoms with Gasteiger partial charge in [0.1, 0.15) is 0 Å². The van der Waals surface area contributed by atoms with E-state index in [-0.39, 0.29) is 6.10 Å². The summed E-state index contributed by atoms with van der Waals surface area (Å²) in [6.45, 7) is 2.27. The van der Waals surface area contributed by atoms with Crippen LogP contribution >= 0.6 is 15.9 Å². The van der Waals surface area contributed by atoms with E-state index in [9.17, 15) is 5.11 Å². The normalized spacial score (nSPS) is 26.9. The van der Waals surface area contributed by atoms with Crippen molar-refractivity contribution in [3.63, 3.8) is 0 Å². The fourth-order valence-electron chi connectivity index (χ4n) is 2.51. The molecule has 1 aliphatic rings. The molecule has 3 atom stereocenters. The molecule has 0 radical (unpaired) electrons. The molecule has 1 aromatic rings. The van der Waals surface area contributed by atoms with Crippen LogP contribution in [0, 0.1) is 11.8 Å². The minimum Gasteiger partial charge on any atom is -0.392 e. The molecule has 0 spiro atoms. The summed E-state index contributed by atoms with van der Waals surface area (Å²) in [7, 11) is 0. The zero-order valence-electron chi connectivity index (χ0n) is 9.56. The van der Waals surface area contributed by atoms with Crippen molar-refractivity contribution in [1.29, 1.82) is 0 Å². The summed E-state index contributed by atoms with van der Waals surface area (Å²) in [5, 5.41) is 10.1. The molecule has 16 heavy (non-hydrogen) atoms. The predicted molar refractivity (Wildman–Crippen MR) is 68.2 cm³/mol. The number of aromatic nitrogens is 1. The molecule has 0 bridgehead atoms. The Bertz CT molecular complexity index is 338. The highest BCUT2D eigenvalue weighted by Gasteiger charge is 2.27. The lowest BCUT2D eigenvalue weighted by atomic mass is 9.96. The van der Waals surface area contributed by atoms with Gasteiger partial charge in [0.15, 0.2) is 0 Å². The number of aliphatic hydroxyl groups is 1. The monoisotopic (exact) mass is 283 g/mol. The van der Waals surface area contributed by atoms with Crippen LogP contribution in [0.15, 0.2) is 22.8 Å². The number of aliphatic hydroxyl groups excluding tert-OH is 1. The van der Waals surface area contributed by atoms with Crippen molar-refractivity contribution in [3.8, 4) is 0 Å². The van der Waals surface area contributed by atoms with Gasteiger partial charge in [-0.25, -0.2) is 0 Å². The van der Waals surface area contributed by atoms with Gasteiger partial charge in [-0.3, -0.25) is 4.98 Å². The van der Waals surface area contributed by atoms with Gasteiger partial charge >= 0.3 is 0 Å². The Morgan fingerprint density at radius 2 is 2.31 bits per heavy atom. The molecule has 1 saturated carbocycles. The van der Waals surface area contributed by atoms with Gasteiger partial charge in [-0.15, -0.1) is 0 Å². The lowest BCUT2D eigenvalue weighted by Gasteiger charge is -2.17. The molecule has 1 fully saturated rings. The summed E-state index contributed by atoms with van der Waals surface area (Å²) in [5.41, 5.74) is 0.982. The lowest BCUT2D eigenvalue weighted by molar-refractivity contribution is 0.108. The maximum absolute atomic E-state index is 10.1. The van der Waals surface area contributed by atoms with Crippen LogP contribution in [0.25, 0.3) is 0 Å². The molecule has 1 aliphatic carbocycles. The van der Waals surface area contributed by atoms with Crippen LogP contribution < -0.4 is 0 Å². The maximum atomic E-state index is 10.1. The fraction of sp³-hybridized carbons (Fsp3) is 0.615. The number of hydrogen-bond acceptors (Lipinski definition) is 2. The smallest absolute Gasteiger partial charge is 0.0623 e. The van der Waals surface area contributed by atoms with Crippen molar-refractivity contribution in [2.75, 3.05) is 0 Å².